The van der Waals surface area contributed by atoms with E-state index in [4.69, 9.17) is 9.79 Å². The molecule has 1 amide bonds. The van der Waals surface area contributed by atoms with Crippen molar-refractivity contribution < 1.29 is 32.8 Å². The minimum atomic E-state index is -3.04. The third-order valence-electron chi connectivity index (χ3n) is 0.972. The third-order valence-corrected chi connectivity index (χ3v) is 1.72. The number of carbonyl (C=O) groups is 1. The summed E-state index contributed by atoms with van der Waals surface area (Å²) in [5.74, 6) is -0.552. The Kier molecular flexibility index (Phi) is 6.65. The SMILES string of the molecule is CCC(=O)NC(O[P+](=O)O)O[P+](=O)O. The molecule has 0 spiro atoms. The Morgan fingerprint density at radius 3 is 2.07 bits per heavy atom. The molecule has 0 aliphatic carbocycles. The zero-order chi connectivity index (χ0) is 11.1. The molecule has 0 aromatic heterocycles. The third kappa shape index (κ3) is 6.97. The Morgan fingerprint density at radius 2 is 1.79 bits per heavy atom. The van der Waals surface area contributed by atoms with Gasteiger partial charge in [0.1, 0.15) is 0 Å². The van der Waals surface area contributed by atoms with Gasteiger partial charge in [0, 0.05) is 15.6 Å². The highest BCUT2D eigenvalue weighted by atomic mass is 31.1. The van der Waals surface area contributed by atoms with Crippen LogP contribution in [0.1, 0.15) is 13.3 Å². The van der Waals surface area contributed by atoms with Crippen molar-refractivity contribution in [3.05, 3.63) is 0 Å². The number of amides is 1. The van der Waals surface area contributed by atoms with Crippen molar-refractivity contribution >= 4 is 22.4 Å². The Morgan fingerprint density at radius 1 is 1.36 bits per heavy atom. The second-order valence-electron chi connectivity index (χ2n) is 1.94. The van der Waals surface area contributed by atoms with Crippen LogP contribution in [-0.2, 0) is 23.0 Å². The second kappa shape index (κ2) is 6.89. The van der Waals surface area contributed by atoms with E-state index >= 15 is 0 Å². The fraction of sp³-hybridized carbons (Fsp3) is 0.750. The van der Waals surface area contributed by atoms with Crippen molar-refractivity contribution in [3.63, 3.8) is 0 Å². The molecule has 8 nitrogen and oxygen atoms in total. The Labute approximate surface area is 81.1 Å². The van der Waals surface area contributed by atoms with Gasteiger partial charge < -0.3 is 5.32 Å². The number of nitrogens with one attached hydrogen (secondary N) is 1. The second-order valence-corrected chi connectivity index (χ2v) is 3.31. The highest BCUT2D eigenvalue weighted by molar-refractivity contribution is 7.32. The lowest BCUT2D eigenvalue weighted by atomic mass is 10.5. The van der Waals surface area contributed by atoms with Gasteiger partial charge in [-0.05, 0) is 0 Å². The van der Waals surface area contributed by atoms with Gasteiger partial charge in [-0.2, -0.15) is 0 Å². The smallest absolute Gasteiger partial charge is 0.301 e. The van der Waals surface area contributed by atoms with Crippen LogP contribution in [0.25, 0.3) is 0 Å². The standard InChI is InChI=1S/C4H7NO7P2/c1-2-3(6)5-4(11-13(7)8)12-14(9)10/h4H,2H2,1H3,(H-2,5,6,7,8,9,10)/p+2. The highest BCUT2D eigenvalue weighted by Gasteiger charge is 2.33. The van der Waals surface area contributed by atoms with Crippen LogP contribution in [0.15, 0.2) is 0 Å². The first-order valence-corrected chi connectivity index (χ1v) is 5.67. The van der Waals surface area contributed by atoms with Crippen LogP contribution >= 0.6 is 16.5 Å². The van der Waals surface area contributed by atoms with Crippen molar-refractivity contribution in [2.24, 2.45) is 0 Å². The maximum absolute atomic E-state index is 10.8. The van der Waals surface area contributed by atoms with Crippen LogP contribution in [0.4, 0.5) is 0 Å². The molecule has 0 bridgehead atoms. The van der Waals surface area contributed by atoms with Gasteiger partial charge in [0.15, 0.2) is 0 Å². The minimum absolute atomic E-state index is 0.0770. The molecule has 0 saturated carbocycles. The van der Waals surface area contributed by atoms with Gasteiger partial charge in [-0.25, -0.2) is 0 Å². The van der Waals surface area contributed by atoms with E-state index in [0.717, 1.165) is 0 Å². The minimum Gasteiger partial charge on any atom is -0.301 e. The van der Waals surface area contributed by atoms with E-state index in [1.165, 1.54) is 6.92 Å². The molecule has 80 valence electrons. The largest absolute Gasteiger partial charge is 0.699 e. The van der Waals surface area contributed by atoms with E-state index in [9.17, 15) is 13.9 Å². The first-order chi connectivity index (χ1) is 6.45. The summed E-state index contributed by atoms with van der Waals surface area (Å²) in [7, 11) is -6.07. The van der Waals surface area contributed by atoms with Crippen LogP contribution < -0.4 is 5.32 Å². The molecule has 0 aromatic rings. The zero-order valence-corrected chi connectivity index (χ0v) is 8.90. The van der Waals surface area contributed by atoms with Crippen molar-refractivity contribution in [1.29, 1.82) is 0 Å². The molecule has 0 saturated heterocycles. The van der Waals surface area contributed by atoms with Gasteiger partial charge in [-0.3, -0.25) is 4.79 Å². The molecule has 14 heavy (non-hydrogen) atoms. The highest BCUT2D eigenvalue weighted by Crippen LogP contribution is 2.24. The molecule has 0 aliphatic rings. The molecule has 0 rings (SSSR count). The van der Waals surface area contributed by atoms with E-state index in [0.29, 0.717) is 0 Å². The van der Waals surface area contributed by atoms with Gasteiger partial charge in [-0.1, -0.05) is 16.0 Å². The fourth-order valence-electron chi connectivity index (χ4n) is 0.469. The van der Waals surface area contributed by atoms with E-state index in [-0.39, 0.29) is 6.42 Å². The molecule has 0 radical (unpaired) electrons. The first-order valence-electron chi connectivity index (χ1n) is 3.41. The predicted molar refractivity (Wildman–Crippen MR) is 44.0 cm³/mol. The van der Waals surface area contributed by atoms with Crippen LogP contribution in [0, 0.1) is 0 Å². The number of carbonyl (C=O) groups excluding carboxylic acids is 1. The van der Waals surface area contributed by atoms with Crippen molar-refractivity contribution in [2.45, 2.75) is 19.8 Å². The molecule has 10 heteroatoms. The molecule has 0 heterocycles. The summed E-state index contributed by atoms with van der Waals surface area (Å²) in [6.07, 6.45) is -1.63. The fourth-order valence-corrected chi connectivity index (χ4v) is 1.06. The molecule has 2 atom stereocenters. The summed E-state index contributed by atoms with van der Waals surface area (Å²) in [4.78, 5) is 27.4. The van der Waals surface area contributed by atoms with E-state index in [2.05, 4.69) is 9.05 Å². The van der Waals surface area contributed by atoms with E-state index < -0.39 is 28.8 Å². The summed E-state index contributed by atoms with van der Waals surface area (Å²) in [6, 6.07) is 0. The summed E-state index contributed by atoms with van der Waals surface area (Å²) in [5, 5.41) is 1.96. The van der Waals surface area contributed by atoms with Crippen molar-refractivity contribution in [1.82, 2.24) is 5.32 Å². The quantitative estimate of drug-likeness (QED) is 0.448. The Balaban J connectivity index is 4.16. The predicted octanol–water partition coefficient (Wildman–Crippen LogP) is 0.129. The molecule has 0 fully saturated rings. The van der Waals surface area contributed by atoms with Crippen molar-refractivity contribution in [3.8, 4) is 0 Å². The average molecular weight is 245 g/mol. The monoisotopic (exact) mass is 245 g/mol. The number of hydrogen-bond donors (Lipinski definition) is 3. The topological polar surface area (TPSA) is 122 Å². The Bertz CT molecular complexity index is 228. The normalized spacial score (nSPS) is 14.5. The van der Waals surface area contributed by atoms with Gasteiger partial charge in [0.2, 0.25) is 5.91 Å². The number of hydrogen-bond acceptors (Lipinski definition) is 5. The van der Waals surface area contributed by atoms with Crippen LogP contribution in [0.3, 0.4) is 0 Å². The van der Waals surface area contributed by atoms with Crippen LogP contribution in [0.5, 0.6) is 0 Å². The maximum Gasteiger partial charge on any atom is 0.699 e. The maximum atomic E-state index is 10.8. The summed E-state index contributed by atoms with van der Waals surface area (Å²) < 4.78 is 28.6. The molecular weight excluding hydrogens is 236 g/mol. The van der Waals surface area contributed by atoms with Crippen LogP contribution in [0.2, 0.25) is 0 Å². The van der Waals surface area contributed by atoms with E-state index in [1.807, 2.05) is 5.32 Å². The van der Waals surface area contributed by atoms with Crippen molar-refractivity contribution in [2.75, 3.05) is 0 Å². The lowest BCUT2D eigenvalue weighted by Gasteiger charge is -2.03. The Hall–Kier alpha value is -0.490. The van der Waals surface area contributed by atoms with Gasteiger partial charge in [0.05, 0.1) is 0 Å². The van der Waals surface area contributed by atoms with Gasteiger partial charge in [-0.15, -0.1) is 9.79 Å². The van der Waals surface area contributed by atoms with Gasteiger partial charge in [0.25, 0.3) is 0 Å². The molecule has 2 unspecified atom stereocenters. The summed E-state index contributed by atoms with van der Waals surface area (Å²) >= 11 is 0. The first kappa shape index (κ1) is 13.5. The summed E-state index contributed by atoms with van der Waals surface area (Å²) in [6.45, 7) is 1.52. The lowest BCUT2D eigenvalue weighted by Crippen LogP contribution is -2.35. The van der Waals surface area contributed by atoms with Crippen LogP contribution in [-0.4, -0.2) is 22.1 Å². The molecule has 0 aliphatic heterocycles. The average Bonchev–Trinajstić information content (AvgIpc) is 2.01. The zero-order valence-electron chi connectivity index (χ0n) is 7.11. The molecule has 0 aromatic carbocycles. The molecular formula is C4H9NO7P2+2. The summed E-state index contributed by atoms with van der Waals surface area (Å²) in [5.41, 5.74) is 0. The van der Waals surface area contributed by atoms with Gasteiger partial charge >= 0.3 is 22.9 Å². The number of rotatable bonds is 6. The lowest BCUT2D eigenvalue weighted by molar-refractivity contribution is -0.128. The molecule has 3 N–H and O–H groups in total. The van der Waals surface area contributed by atoms with E-state index in [1.54, 1.807) is 0 Å².